The Morgan fingerprint density at radius 3 is 1.62 bits per heavy atom. The van der Waals surface area contributed by atoms with E-state index in [0.717, 1.165) is 0 Å². The van der Waals surface area contributed by atoms with Crippen molar-refractivity contribution >= 4 is 7.75 Å². The molecule has 0 spiro atoms. The minimum atomic E-state index is -3.59. The summed E-state index contributed by atoms with van der Waals surface area (Å²) in [6.07, 6.45) is -1.36. The Balaban J connectivity index is 4.00. The van der Waals surface area contributed by atoms with E-state index in [4.69, 9.17) is 24.0 Å². The van der Waals surface area contributed by atoms with E-state index < -0.39 is 20.3 Å². The van der Waals surface area contributed by atoms with Crippen LogP contribution in [0.25, 0.3) is 0 Å². The molecule has 0 saturated heterocycles. The Labute approximate surface area is 77.9 Å². The molecule has 0 aromatic heterocycles. The van der Waals surface area contributed by atoms with Gasteiger partial charge in [-0.15, -0.1) is 0 Å². The Hall–Kier alpha value is 0.0300. The van der Waals surface area contributed by atoms with Gasteiger partial charge in [0.15, 0.2) is 12.6 Å². The first-order valence-electron chi connectivity index (χ1n) is 3.72. The normalized spacial score (nSPS) is 20.7. The third-order valence-electron chi connectivity index (χ3n) is 1.25. The molecule has 0 radical (unpaired) electrons. The molecule has 0 fully saturated rings. The third-order valence-corrected chi connectivity index (χ3v) is 2.44. The molecule has 0 aliphatic rings. The first-order valence-corrected chi connectivity index (χ1v) is 5.33. The molecule has 0 bridgehead atoms. The molecule has 2 N–H and O–H groups in total. The van der Waals surface area contributed by atoms with E-state index >= 15 is 0 Å². The predicted molar refractivity (Wildman–Crippen MR) is 46.9 cm³/mol. The molecular weight excluding hydrogens is 197 g/mol. The fraction of sp³-hybridized carbons (Fsp3) is 1.00. The van der Waals surface area contributed by atoms with Crippen LogP contribution in [0.4, 0.5) is 0 Å². The van der Waals surface area contributed by atoms with Crippen LogP contribution < -0.4 is 5.50 Å². The van der Waals surface area contributed by atoms with Crippen LogP contribution in [0.2, 0.25) is 0 Å². The summed E-state index contributed by atoms with van der Waals surface area (Å²) in [7, 11) is -0.774. The first-order chi connectivity index (χ1) is 5.91. The van der Waals surface area contributed by atoms with Crippen molar-refractivity contribution in [2.24, 2.45) is 5.50 Å². The molecule has 0 aromatic carbocycles. The van der Waals surface area contributed by atoms with Crippen molar-refractivity contribution in [1.29, 1.82) is 0 Å². The molecule has 13 heavy (non-hydrogen) atoms. The van der Waals surface area contributed by atoms with E-state index in [1.807, 2.05) is 0 Å². The summed E-state index contributed by atoms with van der Waals surface area (Å²) in [5.74, 6) is 0. The van der Waals surface area contributed by atoms with Crippen LogP contribution in [-0.4, -0.2) is 26.8 Å². The highest BCUT2D eigenvalue weighted by molar-refractivity contribution is 7.51. The van der Waals surface area contributed by atoms with Gasteiger partial charge in [0.1, 0.15) is 0 Å². The first kappa shape index (κ1) is 13.0. The van der Waals surface area contributed by atoms with Crippen molar-refractivity contribution in [2.75, 3.05) is 14.2 Å². The Bertz CT molecular complexity index is 172. The number of methoxy groups -OCH3 is 2. The summed E-state index contributed by atoms with van der Waals surface area (Å²) in [4.78, 5) is 0. The summed E-state index contributed by atoms with van der Waals surface area (Å²) in [5.41, 5.74) is 5.22. The van der Waals surface area contributed by atoms with E-state index in [9.17, 15) is 4.57 Å². The summed E-state index contributed by atoms with van der Waals surface area (Å²) in [5, 5.41) is 0. The number of rotatable bonds is 6. The Kier molecular flexibility index (Phi) is 5.71. The minimum Gasteiger partial charge on any atom is -0.356 e. The average Bonchev–Trinajstić information content (AvgIpc) is 2.02. The maximum absolute atomic E-state index is 11.3. The summed E-state index contributed by atoms with van der Waals surface area (Å²) >= 11 is 0. The second-order valence-corrected chi connectivity index (χ2v) is 3.86. The van der Waals surface area contributed by atoms with Crippen LogP contribution in [0.3, 0.4) is 0 Å². The lowest BCUT2D eigenvalue weighted by Crippen LogP contribution is -2.18. The molecule has 0 saturated carbocycles. The fourth-order valence-electron chi connectivity index (χ4n) is 0.525. The van der Waals surface area contributed by atoms with E-state index in [2.05, 4.69) is 0 Å². The Morgan fingerprint density at radius 2 is 1.38 bits per heavy atom. The number of hydrogen-bond acceptors (Lipinski definition) is 5. The topological polar surface area (TPSA) is 80.0 Å². The molecule has 2 atom stereocenters. The van der Waals surface area contributed by atoms with Crippen molar-refractivity contribution in [3.63, 3.8) is 0 Å². The van der Waals surface area contributed by atoms with Crippen LogP contribution in [0, 0.1) is 0 Å². The van der Waals surface area contributed by atoms with Gasteiger partial charge in [0.25, 0.3) is 0 Å². The van der Waals surface area contributed by atoms with Crippen molar-refractivity contribution in [3.05, 3.63) is 0 Å². The second-order valence-electron chi connectivity index (χ2n) is 2.36. The van der Waals surface area contributed by atoms with Crippen LogP contribution in [0.15, 0.2) is 0 Å². The highest BCUT2D eigenvalue weighted by atomic mass is 31.2. The zero-order chi connectivity index (χ0) is 10.5. The minimum absolute atomic E-state index is 0.681. The largest absolute Gasteiger partial charge is 0.407 e. The summed E-state index contributed by atoms with van der Waals surface area (Å²) in [6, 6.07) is 0. The maximum atomic E-state index is 11.3. The standard InChI is InChI=1S/C6H16NO5P/c1-5(9-3)11-13(7,8)12-6(2)10-4/h5-6H,1-4H3,(H2,7,8). The van der Waals surface area contributed by atoms with Crippen LogP contribution in [-0.2, 0) is 23.1 Å². The van der Waals surface area contributed by atoms with E-state index in [0.29, 0.717) is 0 Å². The van der Waals surface area contributed by atoms with Gasteiger partial charge < -0.3 is 9.47 Å². The molecular formula is C6H16NO5P. The molecule has 6 nitrogen and oxygen atoms in total. The van der Waals surface area contributed by atoms with Crippen molar-refractivity contribution in [3.8, 4) is 0 Å². The number of ether oxygens (including phenoxy) is 2. The molecule has 80 valence electrons. The van der Waals surface area contributed by atoms with Gasteiger partial charge in [-0.1, -0.05) is 0 Å². The van der Waals surface area contributed by atoms with Gasteiger partial charge >= 0.3 is 7.75 Å². The quantitative estimate of drug-likeness (QED) is 0.525. The predicted octanol–water partition coefficient (Wildman–Crippen LogP) is 1.07. The van der Waals surface area contributed by atoms with Gasteiger partial charge in [0.05, 0.1) is 0 Å². The molecule has 7 heteroatoms. The Morgan fingerprint density at radius 1 is 1.08 bits per heavy atom. The van der Waals surface area contributed by atoms with Gasteiger partial charge in [0, 0.05) is 14.2 Å². The van der Waals surface area contributed by atoms with Crippen LogP contribution >= 0.6 is 7.75 Å². The molecule has 2 unspecified atom stereocenters. The lowest BCUT2D eigenvalue weighted by atomic mass is 10.8. The zero-order valence-corrected chi connectivity index (χ0v) is 9.11. The number of hydrogen-bond donors (Lipinski definition) is 1. The van der Waals surface area contributed by atoms with Crippen LogP contribution in [0.5, 0.6) is 0 Å². The second kappa shape index (κ2) is 5.70. The number of nitrogens with two attached hydrogens (primary N) is 1. The summed E-state index contributed by atoms with van der Waals surface area (Å²) in [6.45, 7) is 3.11. The molecule has 0 rings (SSSR count). The van der Waals surface area contributed by atoms with Crippen molar-refractivity contribution < 1.29 is 23.1 Å². The van der Waals surface area contributed by atoms with Crippen molar-refractivity contribution in [1.82, 2.24) is 0 Å². The highest BCUT2D eigenvalue weighted by Crippen LogP contribution is 2.41. The molecule has 0 aromatic rings. The van der Waals surface area contributed by atoms with Crippen LogP contribution in [0.1, 0.15) is 13.8 Å². The lowest BCUT2D eigenvalue weighted by Gasteiger charge is -2.20. The smallest absolute Gasteiger partial charge is 0.356 e. The third kappa shape index (κ3) is 6.15. The molecule has 0 aliphatic carbocycles. The van der Waals surface area contributed by atoms with Gasteiger partial charge in [-0.05, 0) is 13.8 Å². The van der Waals surface area contributed by atoms with Gasteiger partial charge in [0.2, 0.25) is 0 Å². The highest BCUT2D eigenvalue weighted by Gasteiger charge is 2.24. The molecule has 0 amide bonds. The maximum Gasteiger partial charge on any atom is 0.407 e. The monoisotopic (exact) mass is 213 g/mol. The SMILES string of the molecule is COC(C)OP(N)(=O)OC(C)OC. The van der Waals surface area contributed by atoms with Gasteiger partial charge in [-0.25, -0.2) is 10.1 Å². The van der Waals surface area contributed by atoms with E-state index in [1.165, 1.54) is 14.2 Å². The molecule has 0 aliphatic heterocycles. The fourth-order valence-corrected chi connectivity index (χ4v) is 1.57. The van der Waals surface area contributed by atoms with E-state index in [-0.39, 0.29) is 0 Å². The molecule has 0 heterocycles. The lowest BCUT2D eigenvalue weighted by molar-refractivity contribution is -0.0820. The van der Waals surface area contributed by atoms with Gasteiger partial charge in [-0.2, -0.15) is 0 Å². The van der Waals surface area contributed by atoms with E-state index in [1.54, 1.807) is 13.8 Å². The van der Waals surface area contributed by atoms with Crippen molar-refractivity contribution in [2.45, 2.75) is 26.4 Å². The summed E-state index contributed by atoms with van der Waals surface area (Å²) < 4.78 is 30.3. The van der Waals surface area contributed by atoms with Gasteiger partial charge in [-0.3, -0.25) is 9.05 Å². The zero-order valence-electron chi connectivity index (χ0n) is 8.22. The average molecular weight is 213 g/mol.